The van der Waals surface area contributed by atoms with Crippen LogP contribution in [0.25, 0.3) is 5.69 Å². The molecule has 35 heavy (non-hydrogen) atoms. The summed E-state index contributed by atoms with van der Waals surface area (Å²) in [6.45, 7) is 9.67. The largest absolute Gasteiger partial charge is 0.497 e. The number of benzene rings is 2. The molecule has 1 heterocycles. The van der Waals surface area contributed by atoms with Crippen molar-refractivity contribution in [1.82, 2.24) is 9.99 Å². The lowest BCUT2D eigenvalue weighted by atomic mass is 10.1. The van der Waals surface area contributed by atoms with Crippen LogP contribution in [0, 0.1) is 27.7 Å². The third-order valence-electron chi connectivity index (χ3n) is 5.86. The number of carbonyl (C=O) groups is 1. The molecule has 3 aromatic rings. The number of hydrogen-bond donors (Lipinski definition) is 1. The molecule has 8 nitrogen and oxygen atoms in total. The monoisotopic (exact) mass is 496 g/mol. The van der Waals surface area contributed by atoms with Crippen molar-refractivity contribution in [3.63, 3.8) is 0 Å². The highest BCUT2D eigenvalue weighted by atomic mass is 32.2. The molecule has 0 saturated heterocycles. The number of sulfonamides is 1. The summed E-state index contributed by atoms with van der Waals surface area (Å²) in [6.07, 6.45) is 2.64. The molecule has 0 spiro atoms. The maximum atomic E-state index is 12.8. The summed E-state index contributed by atoms with van der Waals surface area (Å²) in [7, 11) is -2.20. The second kappa shape index (κ2) is 10.4. The Balaban J connectivity index is 1.80. The van der Waals surface area contributed by atoms with Gasteiger partial charge >= 0.3 is 0 Å². The highest BCUT2D eigenvalue weighted by molar-refractivity contribution is 7.92. The Bertz CT molecular complexity index is 1360. The Hall–Kier alpha value is -3.59. The van der Waals surface area contributed by atoms with E-state index in [4.69, 9.17) is 4.74 Å². The fourth-order valence-corrected chi connectivity index (χ4v) is 5.32. The zero-order chi connectivity index (χ0) is 25.9. The zero-order valence-electron chi connectivity index (χ0n) is 21.2. The molecule has 1 amide bonds. The number of hydrogen-bond acceptors (Lipinski definition) is 5. The lowest BCUT2D eigenvalue weighted by Gasteiger charge is -2.27. The van der Waals surface area contributed by atoms with E-state index in [0.29, 0.717) is 11.4 Å². The van der Waals surface area contributed by atoms with Crippen molar-refractivity contribution >= 4 is 27.8 Å². The maximum Gasteiger partial charge on any atom is 0.263 e. The van der Waals surface area contributed by atoms with Gasteiger partial charge in [0.05, 0.1) is 25.3 Å². The molecule has 0 aliphatic heterocycles. The van der Waals surface area contributed by atoms with Crippen LogP contribution in [0.3, 0.4) is 0 Å². The Labute approximate surface area is 207 Å². The molecule has 0 radical (unpaired) electrons. The van der Waals surface area contributed by atoms with Gasteiger partial charge in [-0.15, -0.1) is 0 Å². The van der Waals surface area contributed by atoms with E-state index in [1.54, 1.807) is 30.5 Å². The summed E-state index contributed by atoms with van der Waals surface area (Å²) in [5.41, 5.74) is 9.17. The molecular formula is C26H32N4O4S. The summed E-state index contributed by atoms with van der Waals surface area (Å²) in [4.78, 5) is 12.8. The molecular weight excluding hydrogens is 464 g/mol. The average Bonchev–Trinajstić information content (AvgIpc) is 3.06. The Morgan fingerprint density at radius 2 is 1.74 bits per heavy atom. The lowest BCUT2D eigenvalue weighted by molar-refractivity contribution is -0.121. The molecule has 0 fully saturated rings. The first-order chi connectivity index (χ1) is 16.4. The first kappa shape index (κ1) is 26.0. The van der Waals surface area contributed by atoms with Gasteiger partial charge in [-0.05, 0) is 76.6 Å². The summed E-state index contributed by atoms with van der Waals surface area (Å²) in [5.74, 6) is 0.0352. The number of carbonyl (C=O) groups excluding carboxylic acids is 1. The number of hydrazone groups is 1. The van der Waals surface area contributed by atoms with E-state index in [-0.39, 0.29) is 0 Å². The normalized spacial score (nSPS) is 12.5. The smallest absolute Gasteiger partial charge is 0.263 e. The van der Waals surface area contributed by atoms with E-state index < -0.39 is 22.0 Å². The van der Waals surface area contributed by atoms with Gasteiger partial charge in [-0.2, -0.15) is 5.10 Å². The maximum absolute atomic E-state index is 12.8. The molecule has 3 rings (SSSR count). The van der Waals surface area contributed by atoms with Gasteiger partial charge in [-0.25, -0.2) is 13.8 Å². The van der Waals surface area contributed by atoms with E-state index in [1.807, 2.05) is 19.9 Å². The van der Waals surface area contributed by atoms with Gasteiger partial charge in [0, 0.05) is 22.6 Å². The zero-order valence-corrected chi connectivity index (χ0v) is 22.0. The predicted molar refractivity (Wildman–Crippen MR) is 140 cm³/mol. The minimum absolute atomic E-state index is 0.358. The summed E-state index contributed by atoms with van der Waals surface area (Å²) in [5, 5.41) is 4.11. The van der Waals surface area contributed by atoms with Crippen LogP contribution in [0.4, 0.5) is 5.69 Å². The summed E-state index contributed by atoms with van der Waals surface area (Å²) >= 11 is 0. The number of ether oxygens (including phenoxy) is 1. The van der Waals surface area contributed by atoms with Gasteiger partial charge in [-0.3, -0.25) is 9.10 Å². The van der Waals surface area contributed by atoms with Gasteiger partial charge in [0.15, 0.2) is 0 Å². The predicted octanol–water partition coefficient (Wildman–Crippen LogP) is 4.02. The fourth-order valence-electron chi connectivity index (χ4n) is 4.14. The van der Waals surface area contributed by atoms with E-state index in [1.165, 1.54) is 19.6 Å². The van der Waals surface area contributed by atoms with Gasteiger partial charge in [0.2, 0.25) is 10.0 Å². The Kier molecular flexibility index (Phi) is 7.70. The second-order valence-electron chi connectivity index (χ2n) is 8.62. The van der Waals surface area contributed by atoms with Crippen molar-refractivity contribution in [2.45, 2.75) is 40.7 Å². The van der Waals surface area contributed by atoms with E-state index in [9.17, 15) is 13.2 Å². The van der Waals surface area contributed by atoms with Crippen molar-refractivity contribution in [3.05, 3.63) is 76.6 Å². The second-order valence-corrected chi connectivity index (χ2v) is 10.5. The molecule has 0 bridgehead atoms. The van der Waals surface area contributed by atoms with Crippen LogP contribution in [0.1, 0.15) is 35.0 Å². The van der Waals surface area contributed by atoms with Crippen molar-refractivity contribution in [2.24, 2.45) is 5.10 Å². The molecule has 0 unspecified atom stereocenters. The standard InChI is InChI=1S/C26H32N4O4S/c1-17-8-13-25(18(2)14-17)29-19(3)15-22(20(29)4)16-27-28-26(31)21(5)30(35(7,32)33)23-9-11-24(34-6)12-10-23/h8-16,21H,1-7H3,(H,28,31)/b27-16-/t21-/m1/s1. The lowest BCUT2D eigenvalue weighted by Crippen LogP contribution is -2.46. The van der Waals surface area contributed by atoms with Crippen molar-refractivity contribution in [2.75, 3.05) is 17.7 Å². The molecule has 0 saturated carbocycles. The molecule has 186 valence electrons. The third-order valence-corrected chi connectivity index (χ3v) is 7.10. The van der Waals surface area contributed by atoms with Crippen molar-refractivity contribution < 1.29 is 17.9 Å². The highest BCUT2D eigenvalue weighted by Crippen LogP contribution is 2.25. The van der Waals surface area contributed by atoms with Gasteiger partial charge < -0.3 is 9.30 Å². The molecule has 1 aromatic heterocycles. The number of aromatic nitrogens is 1. The van der Waals surface area contributed by atoms with Gasteiger partial charge in [0.25, 0.3) is 5.91 Å². The van der Waals surface area contributed by atoms with E-state index in [0.717, 1.165) is 38.8 Å². The van der Waals surface area contributed by atoms with Crippen LogP contribution in [-0.2, 0) is 14.8 Å². The van der Waals surface area contributed by atoms with Crippen LogP contribution >= 0.6 is 0 Å². The number of nitrogens with zero attached hydrogens (tertiary/aromatic N) is 3. The number of amides is 1. The molecule has 2 aromatic carbocycles. The average molecular weight is 497 g/mol. The molecule has 9 heteroatoms. The number of rotatable bonds is 8. The van der Waals surface area contributed by atoms with Gasteiger partial charge in [0.1, 0.15) is 11.8 Å². The fraction of sp³-hybridized carbons (Fsp3) is 0.308. The molecule has 1 N–H and O–H groups in total. The minimum atomic E-state index is -3.73. The SMILES string of the molecule is COc1ccc(N([C@H](C)C(=O)N/N=C\c2cc(C)n(-c3ccc(C)cc3C)c2C)S(C)(=O)=O)cc1. The van der Waals surface area contributed by atoms with Gasteiger partial charge in [-0.1, -0.05) is 17.7 Å². The van der Waals surface area contributed by atoms with Crippen LogP contribution in [0.5, 0.6) is 5.75 Å². The first-order valence-corrected chi connectivity index (χ1v) is 13.0. The molecule has 0 aliphatic carbocycles. The topological polar surface area (TPSA) is 93.0 Å². The van der Waals surface area contributed by atoms with Crippen molar-refractivity contribution in [1.29, 1.82) is 0 Å². The van der Waals surface area contributed by atoms with E-state index >= 15 is 0 Å². The number of methoxy groups -OCH3 is 1. The Morgan fingerprint density at radius 1 is 1.09 bits per heavy atom. The first-order valence-electron chi connectivity index (χ1n) is 11.2. The number of aryl methyl sites for hydroxylation is 3. The quantitative estimate of drug-likeness (QED) is 0.377. The Morgan fingerprint density at radius 3 is 2.31 bits per heavy atom. The third kappa shape index (κ3) is 5.74. The summed E-state index contributed by atoms with van der Waals surface area (Å²) < 4.78 is 33.3. The highest BCUT2D eigenvalue weighted by Gasteiger charge is 2.29. The van der Waals surface area contributed by atoms with Crippen LogP contribution in [-0.4, -0.2) is 44.5 Å². The number of nitrogens with one attached hydrogen (secondary N) is 1. The molecule has 1 atom stereocenters. The van der Waals surface area contributed by atoms with Crippen LogP contribution in [0.2, 0.25) is 0 Å². The number of anilines is 1. The van der Waals surface area contributed by atoms with Crippen LogP contribution in [0.15, 0.2) is 53.6 Å². The molecule has 0 aliphatic rings. The van der Waals surface area contributed by atoms with Crippen LogP contribution < -0.4 is 14.5 Å². The minimum Gasteiger partial charge on any atom is -0.497 e. The van der Waals surface area contributed by atoms with E-state index in [2.05, 4.69) is 47.1 Å². The summed E-state index contributed by atoms with van der Waals surface area (Å²) in [6, 6.07) is 13.8. The van der Waals surface area contributed by atoms with Crippen molar-refractivity contribution in [3.8, 4) is 11.4 Å².